The van der Waals surface area contributed by atoms with Crippen LogP contribution in [-0.2, 0) is 11.3 Å². The minimum atomic E-state index is -4.81. The highest BCUT2D eigenvalue weighted by Gasteiger charge is 2.32. The Bertz CT molecular complexity index is 886. The van der Waals surface area contributed by atoms with E-state index in [0.29, 0.717) is 11.3 Å². The second kappa shape index (κ2) is 7.51. The van der Waals surface area contributed by atoms with E-state index in [9.17, 15) is 22.8 Å². The van der Waals surface area contributed by atoms with Gasteiger partial charge in [-0.15, -0.1) is 24.9 Å². The molecule has 3 rings (SSSR count). The summed E-state index contributed by atoms with van der Waals surface area (Å²) in [7, 11) is 0. The summed E-state index contributed by atoms with van der Waals surface area (Å²) in [6, 6.07) is 10.5. The van der Waals surface area contributed by atoms with Gasteiger partial charge < -0.3 is 15.4 Å². The van der Waals surface area contributed by atoms with Crippen LogP contribution >= 0.6 is 11.8 Å². The number of hydrogen-bond donors (Lipinski definition) is 2. The zero-order valence-electron chi connectivity index (χ0n) is 14.1. The molecule has 0 spiro atoms. The number of halogens is 3. The molecule has 0 radical (unpaired) electrons. The topological polar surface area (TPSA) is 67.4 Å². The van der Waals surface area contributed by atoms with Crippen molar-refractivity contribution in [2.45, 2.75) is 30.0 Å². The normalized spacial score (nSPS) is 16.3. The first-order valence-corrected chi connectivity index (χ1v) is 8.84. The van der Waals surface area contributed by atoms with E-state index >= 15 is 0 Å². The minimum Gasteiger partial charge on any atom is -0.405 e. The summed E-state index contributed by atoms with van der Waals surface area (Å²) < 4.78 is 41.3. The Morgan fingerprint density at radius 1 is 1.26 bits per heavy atom. The zero-order valence-corrected chi connectivity index (χ0v) is 14.9. The van der Waals surface area contributed by atoms with E-state index < -0.39 is 12.3 Å². The summed E-state index contributed by atoms with van der Waals surface area (Å²) in [6.45, 7) is 1.64. The first kappa shape index (κ1) is 19.1. The lowest BCUT2D eigenvalue weighted by Crippen LogP contribution is -2.27. The fraction of sp³-hybridized carbons (Fsp3) is 0.222. The second-order valence-electron chi connectivity index (χ2n) is 5.80. The Balaban J connectivity index is 1.71. The van der Waals surface area contributed by atoms with E-state index in [2.05, 4.69) is 15.4 Å². The molecular weight excluding hydrogens is 381 g/mol. The summed E-state index contributed by atoms with van der Waals surface area (Å²) in [5.41, 5.74) is 1.02. The number of amides is 2. The summed E-state index contributed by atoms with van der Waals surface area (Å²) in [5, 5.41) is 5.07. The number of anilines is 1. The van der Waals surface area contributed by atoms with E-state index in [1.807, 2.05) is 0 Å². The highest BCUT2D eigenvalue weighted by molar-refractivity contribution is 8.00. The number of rotatable bonds is 4. The molecule has 2 aromatic rings. The highest BCUT2D eigenvalue weighted by atomic mass is 32.2. The standard InChI is InChI=1S/C18H15F3N2O3S/c1-10-16(24)23-13-8-11(6-7-15(13)27-10)17(25)22-9-12-4-2-3-5-14(12)26-18(19,20)21/h2-8,10H,9H2,1H3,(H,22,25)(H,23,24). The van der Waals surface area contributed by atoms with Gasteiger partial charge in [-0.05, 0) is 31.2 Å². The fourth-order valence-corrected chi connectivity index (χ4v) is 3.43. The molecule has 2 N–H and O–H groups in total. The highest BCUT2D eigenvalue weighted by Crippen LogP contribution is 2.36. The molecule has 2 amide bonds. The average molecular weight is 396 g/mol. The number of hydrogen-bond acceptors (Lipinski definition) is 4. The molecule has 1 aliphatic heterocycles. The van der Waals surface area contributed by atoms with Crippen LogP contribution in [-0.4, -0.2) is 23.4 Å². The third kappa shape index (κ3) is 4.73. The van der Waals surface area contributed by atoms with Crippen LogP contribution in [0.1, 0.15) is 22.8 Å². The maximum Gasteiger partial charge on any atom is 0.573 e. The van der Waals surface area contributed by atoms with Gasteiger partial charge in [0.25, 0.3) is 5.91 Å². The first-order valence-electron chi connectivity index (χ1n) is 7.96. The van der Waals surface area contributed by atoms with E-state index in [1.165, 1.54) is 30.0 Å². The molecule has 142 valence electrons. The van der Waals surface area contributed by atoms with Crippen molar-refractivity contribution < 1.29 is 27.5 Å². The van der Waals surface area contributed by atoms with Crippen molar-refractivity contribution in [1.29, 1.82) is 0 Å². The predicted octanol–water partition coefficient (Wildman–Crippen LogP) is 3.95. The van der Waals surface area contributed by atoms with Crippen LogP contribution in [0.5, 0.6) is 5.75 Å². The van der Waals surface area contributed by atoms with Gasteiger partial charge in [0.1, 0.15) is 5.75 Å². The van der Waals surface area contributed by atoms with Gasteiger partial charge in [0.05, 0.1) is 10.9 Å². The molecule has 0 fully saturated rings. The van der Waals surface area contributed by atoms with Crippen molar-refractivity contribution in [3.05, 3.63) is 53.6 Å². The summed E-state index contributed by atoms with van der Waals surface area (Å²) >= 11 is 1.39. The summed E-state index contributed by atoms with van der Waals surface area (Å²) in [4.78, 5) is 25.0. The van der Waals surface area contributed by atoms with Crippen LogP contribution in [0.25, 0.3) is 0 Å². The number of carbonyl (C=O) groups is 2. The number of para-hydroxylation sites is 1. The number of fused-ring (bicyclic) bond motifs is 1. The monoisotopic (exact) mass is 396 g/mol. The van der Waals surface area contributed by atoms with Gasteiger partial charge in [-0.3, -0.25) is 9.59 Å². The van der Waals surface area contributed by atoms with Crippen molar-refractivity contribution in [2.24, 2.45) is 0 Å². The number of benzene rings is 2. The molecule has 1 heterocycles. The van der Waals surface area contributed by atoms with Crippen molar-refractivity contribution in [3.8, 4) is 5.75 Å². The molecule has 27 heavy (non-hydrogen) atoms. The Labute approximate surface area is 157 Å². The van der Waals surface area contributed by atoms with Crippen LogP contribution in [0.3, 0.4) is 0 Å². The molecule has 1 unspecified atom stereocenters. The number of carbonyl (C=O) groups excluding carboxylic acids is 2. The van der Waals surface area contributed by atoms with Crippen molar-refractivity contribution in [3.63, 3.8) is 0 Å². The van der Waals surface area contributed by atoms with Gasteiger partial charge in [-0.1, -0.05) is 18.2 Å². The second-order valence-corrected chi connectivity index (χ2v) is 7.18. The van der Waals surface area contributed by atoms with E-state index in [-0.39, 0.29) is 29.0 Å². The number of thioether (sulfide) groups is 1. The smallest absolute Gasteiger partial charge is 0.405 e. The molecule has 1 aliphatic rings. The largest absolute Gasteiger partial charge is 0.573 e. The van der Waals surface area contributed by atoms with Gasteiger partial charge in [-0.25, -0.2) is 0 Å². The molecule has 0 saturated heterocycles. The Morgan fingerprint density at radius 2 is 2.00 bits per heavy atom. The lowest BCUT2D eigenvalue weighted by atomic mass is 10.1. The SMILES string of the molecule is CC1Sc2ccc(C(=O)NCc3ccccc3OC(F)(F)F)cc2NC1=O. The van der Waals surface area contributed by atoms with Gasteiger partial charge in [-0.2, -0.15) is 0 Å². The molecule has 0 aromatic heterocycles. The summed E-state index contributed by atoms with van der Waals surface area (Å²) in [6.07, 6.45) is -4.81. The number of alkyl halides is 3. The van der Waals surface area contributed by atoms with Gasteiger partial charge >= 0.3 is 6.36 Å². The van der Waals surface area contributed by atoms with Crippen LogP contribution in [0.4, 0.5) is 18.9 Å². The number of nitrogens with one attached hydrogen (secondary N) is 2. The maximum absolute atomic E-state index is 12.5. The zero-order chi connectivity index (χ0) is 19.6. The van der Waals surface area contributed by atoms with Crippen LogP contribution in [0.15, 0.2) is 47.4 Å². The third-order valence-corrected chi connectivity index (χ3v) is 4.99. The van der Waals surface area contributed by atoms with Crippen molar-refractivity contribution in [2.75, 3.05) is 5.32 Å². The van der Waals surface area contributed by atoms with Crippen LogP contribution in [0, 0.1) is 0 Å². The van der Waals surface area contributed by atoms with Crippen molar-refractivity contribution in [1.82, 2.24) is 5.32 Å². The molecule has 0 saturated carbocycles. The van der Waals surface area contributed by atoms with E-state index in [1.54, 1.807) is 31.2 Å². The lowest BCUT2D eigenvalue weighted by molar-refractivity contribution is -0.274. The van der Waals surface area contributed by atoms with Gasteiger partial charge in [0, 0.05) is 22.6 Å². The molecular formula is C18H15F3N2O3S. The Morgan fingerprint density at radius 3 is 2.74 bits per heavy atom. The van der Waals surface area contributed by atoms with E-state index in [0.717, 1.165) is 4.90 Å². The molecule has 1 atom stereocenters. The lowest BCUT2D eigenvalue weighted by Gasteiger charge is -2.21. The first-order chi connectivity index (χ1) is 12.7. The molecule has 0 aliphatic carbocycles. The van der Waals surface area contributed by atoms with Crippen molar-refractivity contribution >= 4 is 29.3 Å². The molecule has 2 aromatic carbocycles. The third-order valence-electron chi connectivity index (χ3n) is 3.81. The van der Waals surface area contributed by atoms with E-state index in [4.69, 9.17) is 0 Å². The Kier molecular flexibility index (Phi) is 5.31. The van der Waals surface area contributed by atoms with Crippen LogP contribution in [0.2, 0.25) is 0 Å². The number of ether oxygens (including phenoxy) is 1. The molecule has 0 bridgehead atoms. The molecule has 9 heteroatoms. The predicted molar refractivity (Wildman–Crippen MR) is 94.7 cm³/mol. The maximum atomic E-state index is 12.5. The minimum absolute atomic E-state index is 0.139. The fourth-order valence-electron chi connectivity index (χ4n) is 2.50. The summed E-state index contributed by atoms with van der Waals surface area (Å²) in [5.74, 6) is -0.992. The quantitative estimate of drug-likeness (QED) is 0.821. The molecule has 5 nitrogen and oxygen atoms in total. The van der Waals surface area contributed by atoms with Gasteiger partial charge in [0.2, 0.25) is 5.91 Å². The average Bonchev–Trinajstić information content (AvgIpc) is 2.60. The van der Waals surface area contributed by atoms with Crippen LogP contribution < -0.4 is 15.4 Å². The van der Waals surface area contributed by atoms with Gasteiger partial charge in [0.15, 0.2) is 0 Å². The Hall–Kier alpha value is -2.68.